The van der Waals surface area contributed by atoms with Crippen LogP contribution in [0.1, 0.15) is 46.0 Å². The minimum absolute atomic E-state index is 0.0302. The molecule has 0 aliphatic heterocycles. The maximum atomic E-state index is 13.0. The third-order valence-electron chi connectivity index (χ3n) is 6.18. The fourth-order valence-corrected chi connectivity index (χ4v) is 7.60. The van der Waals surface area contributed by atoms with Gasteiger partial charge in [-0.3, -0.25) is 4.57 Å². The van der Waals surface area contributed by atoms with Crippen LogP contribution in [0, 0.1) is 6.92 Å². The molecule has 0 aliphatic rings. The fourth-order valence-electron chi connectivity index (χ4n) is 4.54. The number of benzene rings is 3. The van der Waals surface area contributed by atoms with E-state index in [1.54, 1.807) is 58.0 Å². The lowest BCUT2D eigenvalue weighted by Gasteiger charge is -2.20. The highest BCUT2D eigenvalue weighted by molar-refractivity contribution is 7.90. The van der Waals surface area contributed by atoms with E-state index in [1.165, 1.54) is 12.1 Å². The lowest BCUT2D eigenvalue weighted by Crippen LogP contribution is -2.40. The van der Waals surface area contributed by atoms with Crippen LogP contribution in [0.5, 0.6) is 0 Å². The third-order valence-corrected chi connectivity index (χ3v) is 9.77. The number of aryl methyl sites for hydroxylation is 2. The van der Waals surface area contributed by atoms with Crippen LogP contribution in [0.2, 0.25) is 5.02 Å². The highest BCUT2D eigenvalue weighted by atomic mass is 35.5. The Bertz CT molecular complexity index is 1880. The molecule has 0 aliphatic carbocycles. The third kappa shape index (κ3) is 6.62. The molecule has 3 aromatic carbocycles. The fraction of sp³-hybridized carbons (Fsp3) is 0.310. The summed E-state index contributed by atoms with van der Waals surface area (Å²) in [6.07, 6.45) is -0.502. The van der Waals surface area contributed by atoms with E-state index in [2.05, 4.69) is 9.71 Å². The molecule has 1 amide bonds. The van der Waals surface area contributed by atoms with Gasteiger partial charge in [0.25, 0.3) is 10.0 Å². The minimum atomic E-state index is -4.21. The Hall–Kier alpha value is -3.45. The second-order valence-electron chi connectivity index (χ2n) is 10.7. The molecular weight excluding hydrogens is 600 g/mol. The van der Waals surface area contributed by atoms with E-state index in [-0.39, 0.29) is 21.4 Å². The number of hydrogen-bond acceptors (Lipinski definition) is 7. The van der Waals surface area contributed by atoms with Gasteiger partial charge in [0.2, 0.25) is 10.0 Å². The molecule has 0 unspecified atom stereocenters. The average Bonchev–Trinajstić information content (AvgIpc) is 3.24. The van der Waals surface area contributed by atoms with Gasteiger partial charge in [0.15, 0.2) is 0 Å². The maximum Gasteiger partial charge on any atom is 0.421 e. The topological polar surface area (TPSA) is 136 Å². The van der Waals surface area contributed by atoms with Crippen LogP contribution >= 0.6 is 11.6 Å². The Balaban J connectivity index is 1.79. The zero-order chi connectivity index (χ0) is 31.0. The van der Waals surface area contributed by atoms with Crippen molar-refractivity contribution < 1.29 is 26.4 Å². The number of halogens is 1. The van der Waals surface area contributed by atoms with Crippen molar-refractivity contribution in [2.24, 2.45) is 0 Å². The summed E-state index contributed by atoms with van der Waals surface area (Å²) in [6.45, 7) is 10.6. The van der Waals surface area contributed by atoms with E-state index in [1.807, 2.05) is 35.3 Å². The summed E-state index contributed by atoms with van der Waals surface area (Å²) < 4.78 is 63.3. The van der Waals surface area contributed by atoms with Crippen molar-refractivity contribution in [2.75, 3.05) is 6.61 Å². The van der Waals surface area contributed by atoms with Gasteiger partial charge in [0.05, 0.1) is 27.6 Å². The first kappa shape index (κ1) is 31.5. The maximum absolute atomic E-state index is 13.0. The van der Waals surface area contributed by atoms with Gasteiger partial charge >= 0.3 is 6.09 Å². The average molecular weight is 633 g/mol. The highest BCUT2D eigenvalue weighted by Crippen LogP contribution is 2.33. The molecule has 10 nitrogen and oxygen atoms in total. The number of fused-ring (bicyclic) bond motifs is 1. The molecule has 0 spiro atoms. The summed E-state index contributed by atoms with van der Waals surface area (Å²) in [5.74, 6) is 0.685. The van der Waals surface area contributed by atoms with Gasteiger partial charge in [0, 0.05) is 23.2 Å². The molecule has 2 N–H and O–H groups in total. The first-order valence-corrected chi connectivity index (χ1v) is 16.6. The number of nitrogens with one attached hydrogen (secondary N) is 2. The number of imidazole rings is 1. The van der Waals surface area contributed by atoms with Crippen LogP contribution in [0.4, 0.5) is 4.79 Å². The van der Waals surface area contributed by atoms with Crippen LogP contribution in [0.3, 0.4) is 0 Å². The molecule has 0 bridgehead atoms. The molecule has 224 valence electrons. The lowest BCUT2D eigenvalue weighted by atomic mass is 10.0. The zero-order valence-corrected chi connectivity index (χ0v) is 26.5. The summed E-state index contributed by atoms with van der Waals surface area (Å²) >= 11 is 6.51. The van der Waals surface area contributed by atoms with Crippen molar-refractivity contribution in [3.05, 3.63) is 71.0 Å². The number of rotatable bonds is 8. The van der Waals surface area contributed by atoms with Crippen molar-refractivity contribution in [1.82, 2.24) is 19.0 Å². The van der Waals surface area contributed by atoms with E-state index in [0.29, 0.717) is 34.4 Å². The lowest BCUT2D eigenvalue weighted by molar-refractivity contribution is 0.158. The van der Waals surface area contributed by atoms with Crippen molar-refractivity contribution in [2.45, 2.75) is 63.3 Å². The minimum Gasteiger partial charge on any atom is -0.449 e. The second kappa shape index (κ2) is 11.7. The molecule has 1 heterocycles. The first-order chi connectivity index (χ1) is 19.6. The van der Waals surface area contributed by atoms with E-state index in [0.717, 1.165) is 11.3 Å². The number of ether oxygens (including phenoxy) is 1. The van der Waals surface area contributed by atoms with Gasteiger partial charge in [0.1, 0.15) is 10.7 Å². The van der Waals surface area contributed by atoms with Gasteiger partial charge in [-0.15, -0.1) is 0 Å². The number of nitrogens with zero attached hydrogens (tertiary/aromatic N) is 2. The van der Waals surface area contributed by atoms with Crippen LogP contribution in [0.25, 0.3) is 27.8 Å². The second-order valence-corrected chi connectivity index (χ2v) is 14.4. The number of amides is 1. The monoisotopic (exact) mass is 632 g/mol. The SMILES string of the molecule is CCOC(=O)NS(=O)(=O)c1ccc(C)cc1-c1ccc(-n2c(CC)nc3cc(S(=O)(=O)NC(C)(C)C)c(Cl)cc32)cc1. The van der Waals surface area contributed by atoms with Crippen LogP contribution in [-0.2, 0) is 31.2 Å². The molecule has 0 fully saturated rings. The van der Waals surface area contributed by atoms with Crippen molar-refractivity contribution in [3.8, 4) is 16.8 Å². The van der Waals surface area contributed by atoms with Crippen molar-refractivity contribution in [3.63, 3.8) is 0 Å². The van der Waals surface area contributed by atoms with E-state index in [9.17, 15) is 21.6 Å². The molecule has 4 rings (SSSR count). The normalized spacial score (nSPS) is 12.5. The summed E-state index contributed by atoms with van der Waals surface area (Å²) in [4.78, 5) is 16.4. The number of sulfonamides is 2. The Morgan fingerprint density at radius 3 is 2.21 bits per heavy atom. The largest absolute Gasteiger partial charge is 0.449 e. The summed E-state index contributed by atoms with van der Waals surface area (Å²) in [5, 5.41) is 0.0587. The van der Waals surface area contributed by atoms with Gasteiger partial charge in [-0.05, 0) is 70.5 Å². The first-order valence-electron chi connectivity index (χ1n) is 13.2. The molecule has 0 radical (unpaired) electrons. The van der Waals surface area contributed by atoms with E-state index < -0.39 is 31.7 Å². The molecule has 42 heavy (non-hydrogen) atoms. The zero-order valence-electron chi connectivity index (χ0n) is 24.1. The standard InChI is InChI=1S/C29H33ClN4O6S2/c1-7-27-31-23-17-26(42(38,39)33-29(4,5)6)22(30)16-24(23)34(27)20-12-10-19(11-13-20)21-15-18(3)9-14-25(21)41(36,37)32-28(35)40-8-2/h9-17,33H,7-8H2,1-6H3,(H,32,35). The molecule has 13 heteroatoms. The summed E-state index contributed by atoms with van der Waals surface area (Å²) in [6, 6.07) is 15.0. The van der Waals surface area contributed by atoms with E-state index >= 15 is 0 Å². The summed E-state index contributed by atoms with van der Waals surface area (Å²) in [7, 11) is -8.11. The number of aromatic nitrogens is 2. The molecule has 0 atom stereocenters. The quantitative estimate of drug-likeness (QED) is 0.253. The molecule has 0 saturated carbocycles. The van der Waals surface area contributed by atoms with Gasteiger partial charge in [-0.25, -0.2) is 36.1 Å². The highest BCUT2D eigenvalue weighted by Gasteiger charge is 2.27. The van der Waals surface area contributed by atoms with Gasteiger partial charge in [-0.2, -0.15) is 0 Å². The number of carbonyl (C=O) groups excluding carboxylic acids is 1. The molecular formula is C29H33ClN4O6S2. The molecule has 4 aromatic rings. The molecule has 0 saturated heterocycles. The van der Waals surface area contributed by atoms with Crippen LogP contribution in [-0.4, -0.2) is 44.6 Å². The summed E-state index contributed by atoms with van der Waals surface area (Å²) in [5.41, 5.74) is 2.96. The predicted octanol–water partition coefficient (Wildman–Crippen LogP) is 5.73. The molecule has 1 aromatic heterocycles. The Morgan fingerprint density at radius 2 is 1.62 bits per heavy atom. The Kier molecular flexibility index (Phi) is 8.75. The smallest absolute Gasteiger partial charge is 0.421 e. The van der Waals surface area contributed by atoms with Gasteiger partial charge < -0.3 is 4.74 Å². The van der Waals surface area contributed by atoms with E-state index in [4.69, 9.17) is 16.3 Å². The Morgan fingerprint density at radius 1 is 0.952 bits per heavy atom. The number of hydrogen-bond donors (Lipinski definition) is 2. The number of carbonyl (C=O) groups is 1. The van der Waals surface area contributed by atoms with Crippen molar-refractivity contribution >= 4 is 48.8 Å². The van der Waals surface area contributed by atoms with Crippen LogP contribution < -0.4 is 9.44 Å². The Labute approximate surface area is 251 Å². The van der Waals surface area contributed by atoms with Crippen molar-refractivity contribution in [1.29, 1.82) is 0 Å². The predicted molar refractivity (Wildman–Crippen MR) is 163 cm³/mol. The van der Waals surface area contributed by atoms with Gasteiger partial charge in [-0.1, -0.05) is 48.4 Å². The van der Waals surface area contributed by atoms with Crippen LogP contribution in [0.15, 0.2) is 64.4 Å².